The summed E-state index contributed by atoms with van der Waals surface area (Å²) in [7, 11) is 1.34. The predicted molar refractivity (Wildman–Crippen MR) is 68.4 cm³/mol. The van der Waals surface area contributed by atoms with Crippen LogP contribution in [0.15, 0.2) is 42.5 Å². The Morgan fingerprint density at radius 3 is 2.00 bits per heavy atom. The summed E-state index contributed by atoms with van der Waals surface area (Å²) in [6.07, 6.45) is -3.64. The van der Waals surface area contributed by atoms with Gasteiger partial charge in [-0.3, -0.25) is 0 Å². The molecule has 0 heterocycles. The molecular weight excluding hydrogens is 269 g/mol. The summed E-state index contributed by atoms with van der Waals surface area (Å²) in [6, 6.07) is 9.36. The van der Waals surface area contributed by atoms with Gasteiger partial charge in [0.1, 0.15) is 6.10 Å². The van der Waals surface area contributed by atoms with E-state index in [2.05, 4.69) is 0 Å². The van der Waals surface area contributed by atoms with Crippen molar-refractivity contribution in [3.63, 3.8) is 0 Å². The number of ether oxygens (including phenoxy) is 1. The summed E-state index contributed by atoms with van der Waals surface area (Å²) >= 11 is 0. The molecule has 0 amide bonds. The highest BCUT2D eigenvalue weighted by Gasteiger charge is 2.14. The molecule has 2 aromatic carbocycles. The van der Waals surface area contributed by atoms with Crippen LogP contribution >= 0.6 is 0 Å². The lowest BCUT2D eigenvalue weighted by molar-refractivity contribution is 0.151. The fourth-order valence-electron chi connectivity index (χ4n) is 1.87. The Hall–Kier alpha value is -2.01. The van der Waals surface area contributed by atoms with Crippen molar-refractivity contribution in [2.45, 2.75) is 12.5 Å². The fourth-order valence-corrected chi connectivity index (χ4v) is 1.87. The summed E-state index contributed by atoms with van der Waals surface area (Å²) < 4.78 is 43.2. The van der Waals surface area contributed by atoms with Crippen molar-refractivity contribution in [3.05, 3.63) is 65.0 Å². The normalized spacial score (nSPS) is 12.5. The molecule has 20 heavy (non-hydrogen) atoms. The lowest BCUT2D eigenvalue weighted by atomic mass is 10.00. The first-order valence-electron chi connectivity index (χ1n) is 5.92. The van der Waals surface area contributed by atoms with Crippen molar-refractivity contribution in [2.75, 3.05) is 7.11 Å². The van der Waals surface area contributed by atoms with Gasteiger partial charge in [-0.25, -0.2) is 13.2 Å². The fraction of sp³-hybridized carbons (Fsp3) is 0.200. The Labute approximate surface area is 114 Å². The van der Waals surface area contributed by atoms with Gasteiger partial charge in [0, 0.05) is 5.56 Å². The maximum absolute atomic E-state index is 13.6. The third kappa shape index (κ3) is 2.93. The van der Waals surface area contributed by atoms with Crippen molar-refractivity contribution in [2.24, 2.45) is 0 Å². The first-order chi connectivity index (χ1) is 9.52. The first-order valence-corrected chi connectivity index (χ1v) is 5.92. The SMILES string of the molecule is COc1ccc(C(O)c2ccc(C(F)F)cc2)cc1F. The number of hydrogen-bond acceptors (Lipinski definition) is 2. The molecule has 0 aromatic heterocycles. The highest BCUT2D eigenvalue weighted by Crippen LogP contribution is 2.27. The third-order valence-corrected chi connectivity index (χ3v) is 3.00. The van der Waals surface area contributed by atoms with E-state index in [9.17, 15) is 18.3 Å². The lowest BCUT2D eigenvalue weighted by Gasteiger charge is -2.13. The van der Waals surface area contributed by atoms with Crippen LogP contribution < -0.4 is 4.74 Å². The Kier molecular flexibility index (Phi) is 4.29. The number of benzene rings is 2. The van der Waals surface area contributed by atoms with Crippen LogP contribution in [-0.2, 0) is 0 Å². The topological polar surface area (TPSA) is 29.5 Å². The second-order valence-electron chi connectivity index (χ2n) is 4.26. The number of alkyl halides is 2. The minimum Gasteiger partial charge on any atom is -0.494 e. The Balaban J connectivity index is 2.26. The average Bonchev–Trinajstić information content (AvgIpc) is 2.46. The standard InChI is InChI=1S/C15H13F3O2/c1-20-13-7-6-11(8-12(13)16)14(19)9-2-4-10(5-3-9)15(17)18/h2-8,14-15,19H,1H3. The maximum Gasteiger partial charge on any atom is 0.263 e. The predicted octanol–water partition coefficient (Wildman–Crippen LogP) is 3.85. The highest BCUT2D eigenvalue weighted by atomic mass is 19.3. The number of halogens is 3. The largest absolute Gasteiger partial charge is 0.494 e. The minimum atomic E-state index is -2.56. The third-order valence-electron chi connectivity index (χ3n) is 3.00. The molecule has 0 fully saturated rings. The average molecular weight is 282 g/mol. The molecule has 1 atom stereocenters. The van der Waals surface area contributed by atoms with Gasteiger partial charge in [-0.05, 0) is 23.3 Å². The molecule has 0 aliphatic rings. The number of hydrogen-bond donors (Lipinski definition) is 1. The summed E-state index contributed by atoms with van der Waals surface area (Å²) in [6.45, 7) is 0. The molecule has 0 saturated carbocycles. The lowest BCUT2D eigenvalue weighted by Crippen LogP contribution is -2.01. The molecule has 1 N–H and O–H groups in total. The van der Waals surface area contributed by atoms with Crippen LogP contribution in [0.1, 0.15) is 29.2 Å². The second-order valence-corrected chi connectivity index (χ2v) is 4.26. The van der Waals surface area contributed by atoms with E-state index in [1.807, 2.05) is 0 Å². The van der Waals surface area contributed by atoms with E-state index in [0.29, 0.717) is 11.1 Å². The van der Waals surface area contributed by atoms with Crippen LogP contribution in [-0.4, -0.2) is 12.2 Å². The van der Waals surface area contributed by atoms with Gasteiger partial charge in [-0.1, -0.05) is 30.3 Å². The second kappa shape index (κ2) is 5.96. The van der Waals surface area contributed by atoms with Gasteiger partial charge in [0.05, 0.1) is 7.11 Å². The van der Waals surface area contributed by atoms with Crippen LogP contribution in [0.25, 0.3) is 0 Å². The molecule has 5 heteroatoms. The van der Waals surface area contributed by atoms with Crippen LogP contribution in [0.5, 0.6) is 5.75 Å². The highest BCUT2D eigenvalue weighted by molar-refractivity contribution is 5.36. The maximum atomic E-state index is 13.6. The van der Waals surface area contributed by atoms with Crippen LogP contribution in [0.3, 0.4) is 0 Å². The van der Waals surface area contributed by atoms with Gasteiger partial charge in [-0.2, -0.15) is 0 Å². The van der Waals surface area contributed by atoms with Gasteiger partial charge in [-0.15, -0.1) is 0 Å². The molecule has 1 unspecified atom stereocenters. The molecule has 2 nitrogen and oxygen atoms in total. The van der Waals surface area contributed by atoms with Crippen molar-refractivity contribution < 1.29 is 23.0 Å². The van der Waals surface area contributed by atoms with E-state index in [-0.39, 0.29) is 11.3 Å². The molecule has 0 saturated heterocycles. The van der Waals surface area contributed by atoms with E-state index in [4.69, 9.17) is 4.74 Å². The Bertz CT molecular complexity index is 582. The summed E-state index contributed by atoms with van der Waals surface area (Å²) in [5.74, 6) is -0.512. The van der Waals surface area contributed by atoms with E-state index in [0.717, 1.165) is 6.07 Å². The zero-order chi connectivity index (χ0) is 14.7. The molecule has 0 aliphatic carbocycles. The molecule has 106 valence electrons. The first kappa shape index (κ1) is 14.4. The quantitative estimate of drug-likeness (QED) is 0.922. The molecule has 2 aromatic rings. The van der Waals surface area contributed by atoms with Gasteiger partial charge in [0.25, 0.3) is 6.43 Å². The van der Waals surface area contributed by atoms with Crippen LogP contribution in [0, 0.1) is 5.82 Å². The Morgan fingerprint density at radius 2 is 1.50 bits per heavy atom. The van der Waals surface area contributed by atoms with E-state index in [1.165, 1.54) is 43.5 Å². The van der Waals surface area contributed by atoms with Crippen molar-refractivity contribution in [1.82, 2.24) is 0 Å². The van der Waals surface area contributed by atoms with Gasteiger partial charge in [0.2, 0.25) is 0 Å². The molecule has 2 rings (SSSR count). The molecule has 0 aliphatic heterocycles. The summed E-state index contributed by atoms with van der Waals surface area (Å²) in [4.78, 5) is 0. The molecule has 0 spiro atoms. The van der Waals surface area contributed by atoms with Gasteiger partial charge < -0.3 is 9.84 Å². The zero-order valence-electron chi connectivity index (χ0n) is 10.7. The monoisotopic (exact) mass is 282 g/mol. The van der Waals surface area contributed by atoms with Crippen molar-refractivity contribution in [3.8, 4) is 5.75 Å². The zero-order valence-corrected chi connectivity index (χ0v) is 10.7. The van der Waals surface area contributed by atoms with E-state index < -0.39 is 18.3 Å². The summed E-state index contributed by atoms with van der Waals surface area (Å²) in [5, 5.41) is 10.1. The van der Waals surface area contributed by atoms with Crippen molar-refractivity contribution >= 4 is 0 Å². The number of aliphatic hydroxyl groups is 1. The van der Waals surface area contributed by atoms with Gasteiger partial charge in [0.15, 0.2) is 11.6 Å². The smallest absolute Gasteiger partial charge is 0.263 e. The van der Waals surface area contributed by atoms with E-state index in [1.54, 1.807) is 0 Å². The van der Waals surface area contributed by atoms with E-state index >= 15 is 0 Å². The molecule has 0 radical (unpaired) electrons. The van der Waals surface area contributed by atoms with Crippen LogP contribution in [0.4, 0.5) is 13.2 Å². The minimum absolute atomic E-state index is 0.0778. The number of aliphatic hydroxyl groups excluding tert-OH is 1. The Morgan fingerprint density at radius 1 is 0.950 bits per heavy atom. The summed E-state index contributed by atoms with van der Waals surface area (Å²) in [5.41, 5.74) is 0.619. The number of methoxy groups -OCH3 is 1. The van der Waals surface area contributed by atoms with Crippen molar-refractivity contribution in [1.29, 1.82) is 0 Å². The molecule has 0 bridgehead atoms. The molecular formula is C15H13F3O2. The number of rotatable bonds is 4. The van der Waals surface area contributed by atoms with Gasteiger partial charge >= 0.3 is 0 Å². The van der Waals surface area contributed by atoms with Crippen LogP contribution in [0.2, 0.25) is 0 Å².